The van der Waals surface area contributed by atoms with Crippen LogP contribution in [-0.4, -0.2) is 9.55 Å². The fourth-order valence-corrected chi connectivity index (χ4v) is 1.97. The molecule has 0 atom stereocenters. The van der Waals surface area contributed by atoms with Crippen LogP contribution in [0.15, 0.2) is 42.9 Å². The van der Waals surface area contributed by atoms with Crippen molar-refractivity contribution >= 4 is 0 Å². The fraction of sp³-hybridized carbons (Fsp3) is 0.550. The van der Waals surface area contributed by atoms with E-state index in [4.69, 9.17) is 0 Å². The smallest absolute Gasteiger partial charge is 0.0948 e. The lowest BCUT2D eigenvalue weighted by molar-refractivity contribution is 0.640. The highest BCUT2D eigenvalue weighted by Gasteiger charge is 1.97. The summed E-state index contributed by atoms with van der Waals surface area (Å²) in [6, 6.07) is 10.5. The molecule has 1 aromatic heterocycles. The Hall–Kier alpha value is -1.57. The standard InChI is InChI=1S/C9H16N2.C8H10.C3H8/c1-3-5-9-7-10-8-11(9)6-4-2;1-2-8-6-4-3-5-7-8;1-3-2/h7-8H,3-6H2,1-2H3;3-7H,2H2,1H3;3H2,1-2H3. The summed E-state index contributed by atoms with van der Waals surface area (Å²) in [5.74, 6) is 0. The van der Waals surface area contributed by atoms with Crippen LogP contribution in [0.4, 0.5) is 0 Å². The third-order valence-corrected chi connectivity index (χ3v) is 3.02. The molecular weight excluding hydrogens is 268 g/mol. The first-order chi connectivity index (χ1) is 10.7. The minimum absolute atomic E-state index is 1.11. The highest BCUT2D eigenvalue weighted by atomic mass is 15.0. The molecule has 0 radical (unpaired) electrons. The zero-order valence-electron chi connectivity index (χ0n) is 15.2. The second-order valence-corrected chi connectivity index (χ2v) is 5.37. The van der Waals surface area contributed by atoms with Gasteiger partial charge < -0.3 is 4.57 Å². The average Bonchev–Trinajstić information content (AvgIpc) is 2.98. The normalized spacial score (nSPS) is 9.32. The van der Waals surface area contributed by atoms with Crippen LogP contribution >= 0.6 is 0 Å². The molecule has 0 amide bonds. The van der Waals surface area contributed by atoms with Crippen molar-refractivity contribution in [3.63, 3.8) is 0 Å². The summed E-state index contributed by atoms with van der Waals surface area (Å²) in [7, 11) is 0. The average molecular weight is 303 g/mol. The molecule has 1 aromatic carbocycles. The van der Waals surface area contributed by atoms with Crippen molar-refractivity contribution in [1.82, 2.24) is 9.55 Å². The Morgan fingerprint density at radius 1 is 0.909 bits per heavy atom. The number of aryl methyl sites for hydroxylation is 3. The Morgan fingerprint density at radius 3 is 2.00 bits per heavy atom. The Kier molecular flexibility index (Phi) is 13.3. The van der Waals surface area contributed by atoms with Gasteiger partial charge in [-0.25, -0.2) is 4.98 Å². The molecule has 0 spiro atoms. The fourth-order valence-electron chi connectivity index (χ4n) is 1.97. The molecule has 124 valence electrons. The summed E-state index contributed by atoms with van der Waals surface area (Å²) < 4.78 is 2.24. The van der Waals surface area contributed by atoms with Gasteiger partial charge >= 0.3 is 0 Å². The maximum absolute atomic E-state index is 4.12. The molecule has 2 aromatic rings. The summed E-state index contributed by atoms with van der Waals surface area (Å²) in [6.45, 7) is 11.9. The van der Waals surface area contributed by atoms with Gasteiger partial charge in [0.25, 0.3) is 0 Å². The molecular formula is C20H34N2. The SMILES string of the molecule is CCC.CCCc1cncn1CCC.CCc1ccccc1. The number of nitrogens with zero attached hydrogens (tertiary/aromatic N) is 2. The number of hydrogen-bond acceptors (Lipinski definition) is 1. The Morgan fingerprint density at radius 2 is 1.55 bits per heavy atom. The van der Waals surface area contributed by atoms with Gasteiger partial charge in [0.05, 0.1) is 6.33 Å². The lowest BCUT2D eigenvalue weighted by Crippen LogP contribution is -2.00. The number of hydrogen-bond donors (Lipinski definition) is 0. The van der Waals surface area contributed by atoms with Gasteiger partial charge in [0.2, 0.25) is 0 Å². The second-order valence-electron chi connectivity index (χ2n) is 5.37. The van der Waals surface area contributed by atoms with Gasteiger partial charge in [0.15, 0.2) is 0 Å². The van der Waals surface area contributed by atoms with E-state index < -0.39 is 0 Å². The summed E-state index contributed by atoms with van der Waals surface area (Å²) in [4.78, 5) is 4.12. The third kappa shape index (κ3) is 9.38. The van der Waals surface area contributed by atoms with Crippen LogP contribution < -0.4 is 0 Å². The molecule has 0 aliphatic heterocycles. The number of aromatic nitrogens is 2. The molecule has 0 saturated carbocycles. The molecule has 1 heterocycles. The first-order valence-corrected chi connectivity index (χ1v) is 8.76. The summed E-state index contributed by atoms with van der Waals surface area (Å²) >= 11 is 0. The van der Waals surface area contributed by atoms with Gasteiger partial charge in [-0.2, -0.15) is 0 Å². The lowest BCUT2D eigenvalue weighted by Gasteiger charge is -2.03. The van der Waals surface area contributed by atoms with Crippen LogP contribution in [0.25, 0.3) is 0 Å². The molecule has 0 N–H and O–H groups in total. The molecule has 2 nitrogen and oxygen atoms in total. The van der Waals surface area contributed by atoms with Gasteiger partial charge in [-0.1, -0.05) is 77.8 Å². The van der Waals surface area contributed by atoms with Crippen molar-refractivity contribution in [3.8, 4) is 0 Å². The zero-order chi connectivity index (χ0) is 16.6. The predicted molar refractivity (Wildman–Crippen MR) is 98.3 cm³/mol. The van der Waals surface area contributed by atoms with Crippen LogP contribution in [0.3, 0.4) is 0 Å². The first-order valence-electron chi connectivity index (χ1n) is 8.76. The van der Waals surface area contributed by atoms with Crippen molar-refractivity contribution in [2.75, 3.05) is 0 Å². The minimum Gasteiger partial charge on any atom is -0.335 e. The van der Waals surface area contributed by atoms with Crippen LogP contribution in [0.2, 0.25) is 0 Å². The highest BCUT2D eigenvalue weighted by Crippen LogP contribution is 2.03. The molecule has 0 fully saturated rings. The Bertz CT molecular complexity index is 425. The van der Waals surface area contributed by atoms with Crippen molar-refractivity contribution in [1.29, 1.82) is 0 Å². The molecule has 2 rings (SSSR count). The van der Waals surface area contributed by atoms with Gasteiger partial charge in [0, 0.05) is 18.4 Å². The molecule has 22 heavy (non-hydrogen) atoms. The lowest BCUT2D eigenvalue weighted by atomic mass is 10.2. The van der Waals surface area contributed by atoms with E-state index >= 15 is 0 Å². The first kappa shape index (κ1) is 20.4. The van der Waals surface area contributed by atoms with Crippen molar-refractivity contribution < 1.29 is 0 Å². The van der Waals surface area contributed by atoms with E-state index in [9.17, 15) is 0 Å². The van der Waals surface area contributed by atoms with E-state index in [1.807, 2.05) is 18.6 Å². The van der Waals surface area contributed by atoms with E-state index in [1.54, 1.807) is 0 Å². The van der Waals surface area contributed by atoms with E-state index in [0.29, 0.717) is 0 Å². The Labute approximate surface area is 137 Å². The second kappa shape index (κ2) is 14.4. The molecule has 0 bridgehead atoms. The molecule has 0 unspecified atom stereocenters. The zero-order valence-corrected chi connectivity index (χ0v) is 15.2. The van der Waals surface area contributed by atoms with E-state index in [2.05, 4.69) is 68.4 Å². The van der Waals surface area contributed by atoms with Crippen LogP contribution in [0.5, 0.6) is 0 Å². The molecule has 0 aliphatic carbocycles. The van der Waals surface area contributed by atoms with Gasteiger partial charge in [-0.3, -0.25) is 0 Å². The van der Waals surface area contributed by atoms with Crippen LogP contribution in [0, 0.1) is 0 Å². The minimum atomic E-state index is 1.11. The maximum Gasteiger partial charge on any atom is 0.0948 e. The van der Waals surface area contributed by atoms with Gasteiger partial charge in [-0.05, 0) is 24.8 Å². The summed E-state index contributed by atoms with van der Waals surface area (Å²) in [6.07, 6.45) is 9.83. The quantitative estimate of drug-likeness (QED) is 0.671. The third-order valence-electron chi connectivity index (χ3n) is 3.02. The Balaban J connectivity index is 0.000000352. The topological polar surface area (TPSA) is 17.8 Å². The number of benzene rings is 1. The van der Waals surface area contributed by atoms with Crippen molar-refractivity contribution in [2.24, 2.45) is 0 Å². The highest BCUT2D eigenvalue weighted by molar-refractivity contribution is 5.13. The molecule has 0 aliphatic rings. The van der Waals surface area contributed by atoms with Crippen LogP contribution in [0.1, 0.15) is 65.1 Å². The van der Waals surface area contributed by atoms with Crippen molar-refractivity contribution in [2.45, 2.75) is 73.3 Å². The van der Waals surface area contributed by atoms with Gasteiger partial charge in [0.1, 0.15) is 0 Å². The number of imidazole rings is 1. The van der Waals surface area contributed by atoms with Crippen molar-refractivity contribution in [3.05, 3.63) is 54.1 Å². The van der Waals surface area contributed by atoms with E-state index in [0.717, 1.165) is 19.4 Å². The maximum atomic E-state index is 4.12. The predicted octanol–water partition coefficient (Wildman–Crippen LogP) is 5.91. The van der Waals surface area contributed by atoms with E-state index in [1.165, 1.54) is 30.5 Å². The molecule has 0 saturated heterocycles. The summed E-state index contributed by atoms with van der Waals surface area (Å²) in [5, 5.41) is 0. The number of rotatable bonds is 5. The van der Waals surface area contributed by atoms with E-state index in [-0.39, 0.29) is 0 Å². The van der Waals surface area contributed by atoms with Gasteiger partial charge in [-0.15, -0.1) is 0 Å². The van der Waals surface area contributed by atoms with Crippen LogP contribution in [-0.2, 0) is 19.4 Å². The largest absolute Gasteiger partial charge is 0.335 e. The molecule has 2 heteroatoms. The summed E-state index contributed by atoms with van der Waals surface area (Å²) in [5.41, 5.74) is 2.78. The monoisotopic (exact) mass is 302 g/mol.